The number of nitrogens with zero attached hydrogens (tertiary/aromatic N) is 1. The number of nitrogens with one attached hydrogen (secondary N) is 1. The predicted octanol–water partition coefficient (Wildman–Crippen LogP) is 9.25. The van der Waals surface area contributed by atoms with Crippen LogP contribution in [0, 0.1) is 0 Å². The first-order chi connectivity index (χ1) is 14.8. The Balaban J connectivity index is 2.16. The van der Waals surface area contributed by atoms with Gasteiger partial charge in [0.25, 0.3) is 5.82 Å². The van der Waals surface area contributed by atoms with Crippen LogP contribution >= 0.6 is 0 Å². The Morgan fingerprint density at radius 2 is 1.00 bits per heavy atom. The van der Waals surface area contributed by atoms with Gasteiger partial charge in [-0.25, -0.2) is 9.55 Å². The molecule has 0 amide bonds. The van der Waals surface area contributed by atoms with Crippen molar-refractivity contribution in [1.29, 1.82) is 0 Å². The first kappa shape index (κ1) is 27.2. The maximum Gasteiger partial charge on any atom is 0.257 e. The van der Waals surface area contributed by atoms with Gasteiger partial charge in [0.15, 0.2) is 0 Å². The molecule has 1 aromatic rings. The van der Waals surface area contributed by atoms with Crippen LogP contribution in [0.5, 0.6) is 0 Å². The Labute approximate surface area is 189 Å². The molecule has 0 spiro atoms. The van der Waals surface area contributed by atoms with Gasteiger partial charge in [0, 0.05) is 0 Å². The summed E-state index contributed by atoms with van der Waals surface area (Å²) >= 11 is 0. The molecule has 0 unspecified atom stereocenters. The summed E-state index contributed by atoms with van der Waals surface area (Å²) in [7, 11) is 0. The lowest BCUT2D eigenvalue weighted by Gasteiger charge is -2.14. The zero-order valence-electron chi connectivity index (χ0n) is 21.0. The van der Waals surface area contributed by atoms with Gasteiger partial charge in [-0.15, -0.1) is 0 Å². The monoisotopic (exact) mass is 419 g/mol. The number of aryl methyl sites for hydroxylation is 1. The van der Waals surface area contributed by atoms with E-state index >= 15 is 0 Å². The molecule has 0 aliphatic rings. The van der Waals surface area contributed by atoms with Crippen LogP contribution in [-0.4, -0.2) is 4.98 Å². The summed E-state index contributed by atoms with van der Waals surface area (Å²) in [5, 5.41) is 0. The molecule has 2 heteroatoms. The molecule has 0 aliphatic heterocycles. The summed E-state index contributed by atoms with van der Waals surface area (Å²) in [6, 6.07) is 0. The number of rotatable bonds is 22. The first-order valence-electron chi connectivity index (χ1n) is 13.9. The lowest BCUT2D eigenvalue weighted by Crippen LogP contribution is -2.36. The lowest BCUT2D eigenvalue weighted by molar-refractivity contribution is -0.701. The molecular weight excluding hydrogens is 364 g/mol. The minimum Gasteiger partial charge on any atom is -0.247 e. The van der Waals surface area contributed by atoms with E-state index in [4.69, 9.17) is 0 Å². The molecule has 1 atom stereocenters. The average Bonchev–Trinajstić information content (AvgIpc) is 3.24. The van der Waals surface area contributed by atoms with Crippen molar-refractivity contribution < 1.29 is 4.57 Å². The summed E-state index contributed by atoms with van der Waals surface area (Å²) in [6.45, 7) is 7.96. The second kappa shape index (κ2) is 20.1. The van der Waals surface area contributed by atoms with E-state index in [1.807, 2.05) is 0 Å². The van der Waals surface area contributed by atoms with Gasteiger partial charge in [-0.3, -0.25) is 0 Å². The van der Waals surface area contributed by atoms with Crippen molar-refractivity contribution >= 4 is 0 Å². The van der Waals surface area contributed by atoms with Crippen LogP contribution in [0.1, 0.15) is 161 Å². The standard InChI is InChI=1S/C28H54N2/c1-4-7-9-11-13-14-15-16-17-18-20-22-24-27(23-21-19-12-10-8-5-2)28-29-25-26-30(28)6-3/h25-27H,4-24H2,1-3H3/p+1/t27-/m0/s1. The highest BCUT2D eigenvalue weighted by Gasteiger charge is 2.21. The van der Waals surface area contributed by atoms with Gasteiger partial charge in [0.2, 0.25) is 0 Å². The minimum absolute atomic E-state index is 0.731. The van der Waals surface area contributed by atoms with Crippen molar-refractivity contribution in [1.82, 2.24) is 4.98 Å². The van der Waals surface area contributed by atoms with E-state index in [1.165, 1.54) is 134 Å². The van der Waals surface area contributed by atoms with E-state index < -0.39 is 0 Å². The second-order valence-electron chi connectivity index (χ2n) is 9.56. The van der Waals surface area contributed by atoms with Gasteiger partial charge in [0.1, 0.15) is 12.4 Å². The van der Waals surface area contributed by atoms with E-state index in [9.17, 15) is 0 Å². The van der Waals surface area contributed by atoms with Crippen LogP contribution in [-0.2, 0) is 6.54 Å². The molecule has 0 aromatic carbocycles. The van der Waals surface area contributed by atoms with Gasteiger partial charge in [-0.1, -0.05) is 129 Å². The van der Waals surface area contributed by atoms with E-state index in [-0.39, 0.29) is 0 Å². The van der Waals surface area contributed by atoms with Gasteiger partial charge >= 0.3 is 0 Å². The fourth-order valence-electron chi connectivity index (χ4n) is 4.82. The SMILES string of the molecule is CCCCCCCCCCCCCC[C@H](CCCCCCCC)c1[nH]cc[n+]1CC. The minimum atomic E-state index is 0.731. The third-order valence-electron chi connectivity index (χ3n) is 6.83. The van der Waals surface area contributed by atoms with Crippen molar-refractivity contribution in [2.75, 3.05) is 0 Å². The van der Waals surface area contributed by atoms with Crippen LogP contribution in [0.15, 0.2) is 12.4 Å². The highest BCUT2D eigenvalue weighted by Crippen LogP contribution is 2.26. The first-order valence-corrected chi connectivity index (χ1v) is 13.9. The molecule has 1 aromatic heterocycles. The quantitative estimate of drug-likeness (QED) is 0.143. The summed E-state index contributed by atoms with van der Waals surface area (Å²) in [4.78, 5) is 3.57. The molecular formula is C28H55N2+. The topological polar surface area (TPSA) is 19.7 Å². The Morgan fingerprint density at radius 1 is 0.600 bits per heavy atom. The Hall–Kier alpha value is -0.790. The number of aromatic amines is 1. The van der Waals surface area contributed by atoms with E-state index in [2.05, 4.69) is 42.7 Å². The maximum absolute atomic E-state index is 3.57. The van der Waals surface area contributed by atoms with Crippen molar-refractivity contribution in [3.63, 3.8) is 0 Å². The number of hydrogen-bond donors (Lipinski definition) is 1. The zero-order valence-corrected chi connectivity index (χ0v) is 21.0. The van der Waals surface area contributed by atoms with Crippen LogP contribution in [0.4, 0.5) is 0 Å². The Kier molecular flexibility index (Phi) is 18.3. The van der Waals surface area contributed by atoms with Crippen molar-refractivity contribution in [2.45, 2.75) is 162 Å². The Morgan fingerprint density at radius 3 is 1.40 bits per heavy atom. The largest absolute Gasteiger partial charge is 0.257 e. The normalized spacial score (nSPS) is 12.5. The maximum atomic E-state index is 3.57. The molecule has 0 bridgehead atoms. The lowest BCUT2D eigenvalue weighted by atomic mass is 9.93. The fraction of sp³-hybridized carbons (Fsp3) is 0.893. The molecule has 0 fully saturated rings. The molecule has 2 nitrogen and oxygen atoms in total. The number of hydrogen-bond acceptors (Lipinski definition) is 0. The van der Waals surface area contributed by atoms with Crippen molar-refractivity contribution in [2.24, 2.45) is 0 Å². The summed E-state index contributed by atoms with van der Waals surface area (Å²) in [5.74, 6) is 2.21. The van der Waals surface area contributed by atoms with Crippen LogP contribution in [0.2, 0.25) is 0 Å². The van der Waals surface area contributed by atoms with Crippen LogP contribution < -0.4 is 4.57 Å². The van der Waals surface area contributed by atoms with Gasteiger partial charge in [0.05, 0.1) is 12.5 Å². The molecule has 0 radical (unpaired) electrons. The van der Waals surface area contributed by atoms with Gasteiger partial charge in [-0.05, 0) is 19.8 Å². The van der Waals surface area contributed by atoms with E-state index in [1.54, 1.807) is 0 Å². The molecule has 30 heavy (non-hydrogen) atoms. The molecule has 0 saturated heterocycles. The van der Waals surface area contributed by atoms with Crippen LogP contribution in [0.3, 0.4) is 0 Å². The average molecular weight is 420 g/mol. The number of unbranched alkanes of at least 4 members (excludes halogenated alkanes) is 16. The highest BCUT2D eigenvalue weighted by molar-refractivity contribution is 4.90. The number of H-pyrrole nitrogens is 1. The van der Waals surface area contributed by atoms with Crippen LogP contribution in [0.25, 0.3) is 0 Å². The molecule has 0 saturated carbocycles. The third-order valence-corrected chi connectivity index (χ3v) is 6.83. The Bertz CT molecular complexity index is 465. The number of aromatic nitrogens is 2. The molecule has 1 N–H and O–H groups in total. The summed E-state index contributed by atoms with van der Waals surface area (Å²) in [6.07, 6.45) is 32.8. The fourth-order valence-corrected chi connectivity index (χ4v) is 4.82. The summed E-state index contributed by atoms with van der Waals surface area (Å²) < 4.78 is 2.43. The molecule has 0 aliphatic carbocycles. The van der Waals surface area contributed by atoms with Crippen molar-refractivity contribution in [3.05, 3.63) is 18.2 Å². The van der Waals surface area contributed by atoms with Gasteiger partial charge in [-0.2, -0.15) is 0 Å². The van der Waals surface area contributed by atoms with Gasteiger partial charge < -0.3 is 0 Å². The van der Waals surface area contributed by atoms with E-state index in [0.717, 1.165) is 12.5 Å². The summed E-state index contributed by atoms with van der Waals surface area (Å²) in [5.41, 5.74) is 0. The van der Waals surface area contributed by atoms with E-state index in [0.29, 0.717) is 0 Å². The molecule has 176 valence electrons. The second-order valence-corrected chi connectivity index (χ2v) is 9.56. The van der Waals surface area contributed by atoms with Crippen molar-refractivity contribution in [3.8, 4) is 0 Å². The zero-order chi connectivity index (χ0) is 21.7. The predicted molar refractivity (Wildman–Crippen MR) is 133 cm³/mol. The highest BCUT2D eigenvalue weighted by atomic mass is 15.1. The molecule has 1 rings (SSSR count). The third kappa shape index (κ3) is 13.5. The number of imidazole rings is 1. The smallest absolute Gasteiger partial charge is 0.247 e. The molecule has 1 heterocycles.